The number of ether oxygens (including phenoxy) is 3. The second-order valence-electron chi connectivity index (χ2n) is 11.3. The molecular formula is C29H35N3O5. The largest absolute Gasteiger partial charge is 0.487 e. The molecule has 1 amide bonds. The molecule has 2 aromatic heterocycles. The standard InChI is InChI=1S/C29H35N3O5/c1-27(2,3)37-26(34)31-28-11-13-29(14-12-28,36-20-28)15-16-32-24-17-22(18-30-23(24)9-10-25(32)33)35-19-21-7-5-4-6-8-21/h4-10,17-18H,11-16,19-20H2,1-3H3,(H,31,34). The molecule has 196 valence electrons. The fourth-order valence-electron chi connectivity index (χ4n) is 5.28. The van der Waals surface area contributed by atoms with Crippen LogP contribution in [-0.2, 0) is 22.6 Å². The zero-order valence-corrected chi connectivity index (χ0v) is 21.8. The summed E-state index contributed by atoms with van der Waals surface area (Å²) in [6.07, 6.45) is 5.32. The van der Waals surface area contributed by atoms with Gasteiger partial charge in [0.15, 0.2) is 0 Å². The lowest BCUT2D eigenvalue weighted by atomic mass is 9.70. The van der Waals surface area contributed by atoms with E-state index in [1.807, 2.05) is 57.2 Å². The van der Waals surface area contributed by atoms with Crippen LogP contribution in [0.3, 0.4) is 0 Å². The third-order valence-corrected chi connectivity index (χ3v) is 7.39. The summed E-state index contributed by atoms with van der Waals surface area (Å²) in [7, 11) is 0. The third-order valence-electron chi connectivity index (χ3n) is 7.39. The molecule has 3 fully saturated rings. The number of carbonyl (C=O) groups excluding carboxylic acids is 1. The molecule has 3 aromatic rings. The van der Waals surface area contributed by atoms with E-state index in [2.05, 4.69) is 10.3 Å². The molecule has 3 aliphatic rings. The minimum atomic E-state index is -0.540. The van der Waals surface area contributed by atoms with Gasteiger partial charge in [-0.3, -0.25) is 9.78 Å². The Kier molecular flexibility index (Phi) is 6.70. The van der Waals surface area contributed by atoms with Crippen LogP contribution in [0.15, 0.2) is 59.5 Å². The Labute approximate surface area is 216 Å². The van der Waals surface area contributed by atoms with Crippen molar-refractivity contribution in [2.24, 2.45) is 0 Å². The number of fused-ring (bicyclic) bond motifs is 4. The van der Waals surface area contributed by atoms with Crippen molar-refractivity contribution in [1.82, 2.24) is 14.9 Å². The highest BCUT2D eigenvalue weighted by Gasteiger charge is 2.50. The number of nitrogens with one attached hydrogen (secondary N) is 1. The molecule has 0 atom stereocenters. The van der Waals surface area contributed by atoms with E-state index in [1.165, 1.54) is 0 Å². The maximum atomic E-state index is 12.9. The van der Waals surface area contributed by atoms with E-state index in [4.69, 9.17) is 14.2 Å². The molecule has 1 aliphatic carbocycles. The van der Waals surface area contributed by atoms with Crippen LogP contribution in [0.1, 0.15) is 58.4 Å². The van der Waals surface area contributed by atoms with Gasteiger partial charge in [0.25, 0.3) is 5.56 Å². The van der Waals surface area contributed by atoms with Gasteiger partial charge in [-0.1, -0.05) is 30.3 Å². The Morgan fingerprint density at radius 3 is 2.54 bits per heavy atom. The van der Waals surface area contributed by atoms with E-state index >= 15 is 0 Å². The molecule has 2 aliphatic heterocycles. The summed E-state index contributed by atoms with van der Waals surface area (Å²) in [5, 5.41) is 3.07. The van der Waals surface area contributed by atoms with Crippen molar-refractivity contribution in [3.8, 4) is 5.75 Å². The molecule has 2 saturated heterocycles. The summed E-state index contributed by atoms with van der Waals surface area (Å²) in [6, 6.07) is 15.2. The van der Waals surface area contributed by atoms with Gasteiger partial charge in [0.2, 0.25) is 0 Å². The Morgan fingerprint density at radius 2 is 1.86 bits per heavy atom. The van der Waals surface area contributed by atoms with E-state index in [9.17, 15) is 9.59 Å². The lowest BCUT2D eigenvalue weighted by Crippen LogP contribution is -2.63. The number of benzene rings is 1. The van der Waals surface area contributed by atoms with Gasteiger partial charge in [0.05, 0.1) is 35.0 Å². The Balaban J connectivity index is 1.26. The molecule has 1 N–H and O–H groups in total. The number of pyridine rings is 2. The maximum absolute atomic E-state index is 12.9. The molecule has 0 unspecified atom stereocenters. The Morgan fingerprint density at radius 1 is 1.11 bits per heavy atom. The van der Waals surface area contributed by atoms with Crippen molar-refractivity contribution in [3.63, 3.8) is 0 Å². The fourth-order valence-corrected chi connectivity index (χ4v) is 5.28. The fraction of sp³-hybridized carbons (Fsp3) is 0.483. The number of aromatic nitrogens is 2. The molecule has 37 heavy (non-hydrogen) atoms. The maximum Gasteiger partial charge on any atom is 0.408 e. The van der Waals surface area contributed by atoms with Crippen molar-refractivity contribution in [2.45, 2.75) is 82.8 Å². The topological polar surface area (TPSA) is 91.7 Å². The van der Waals surface area contributed by atoms with Crippen LogP contribution in [-0.4, -0.2) is 39.0 Å². The van der Waals surface area contributed by atoms with Crippen LogP contribution in [0.25, 0.3) is 11.0 Å². The average molecular weight is 506 g/mol. The first-order chi connectivity index (χ1) is 17.6. The number of carbonyl (C=O) groups is 1. The van der Waals surface area contributed by atoms with Crippen molar-refractivity contribution >= 4 is 17.1 Å². The zero-order valence-electron chi connectivity index (χ0n) is 21.8. The molecule has 4 heterocycles. The molecule has 1 aromatic carbocycles. The average Bonchev–Trinajstić information content (AvgIpc) is 2.87. The Bertz CT molecular complexity index is 1300. The quantitative estimate of drug-likeness (QED) is 0.487. The summed E-state index contributed by atoms with van der Waals surface area (Å²) in [5.74, 6) is 0.624. The van der Waals surface area contributed by atoms with Crippen LogP contribution in [0.4, 0.5) is 4.79 Å². The summed E-state index contributed by atoms with van der Waals surface area (Å²) in [5.41, 5.74) is 1.28. The smallest absolute Gasteiger partial charge is 0.408 e. The minimum absolute atomic E-state index is 0.0709. The first-order valence-electron chi connectivity index (χ1n) is 13.0. The monoisotopic (exact) mass is 505 g/mol. The number of hydrogen-bond acceptors (Lipinski definition) is 6. The van der Waals surface area contributed by atoms with Crippen LogP contribution in [0.5, 0.6) is 5.75 Å². The number of amides is 1. The molecule has 8 heteroatoms. The summed E-state index contributed by atoms with van der Waals surface area (Å²) < 4.78 is 19.6. The van der Waals surface area contributed by atoms with Gasteiger partial charge in [0.1, 0.15) is 18.0 Å². The van der Waals surface area contributed by atoms with Crippen molar-refractivity contribution < 1.29 is 19.0 Å². The van der Waals surface area contributed by atoms with E-state index < -0.39 is 11.7 Å². The van der Waals surface area contributed by atoms with E-state index in [0.717, 1.165) is 42.3 Å². The molecule has 6 rings (SSSR count). The number of nitrogens with zero attached hydrogens (tertiary/aromatic N) is 2. The highest BCUT2D eigenvalue weighted by Crippen LogP contribution is 2.45. The van der Waals surface area contributed by atoms with Gasteiger partial charge >= 0.3 is 6.09 Å². The number of aryl methyl sites for hydroxylation is 1. The van der Waals surface area contributed by atoms with Crippen molar-refractivity contribution in [2.75, 3.05) is 6.61 Å². The first-order valence-corrected chi connectivity index (χ1v) is 13.0. The van der Waals surface area contributed by atoms with E-state index in [1.54, 1.807) is 22.9 Å². The third kappa shape index (κ3) is 5.80. The van der Waals surface area contributed by atoms with Gasteiger partial charge in [-0.25, -0.2) is 4.79 Å². The van der Waals surface area contributed by atoms with Crippen molar-refractivity contribution in [1.29, 1.82) is 0 Å². The van der Waals surface area contributed by atoms with Gasteiger partial charge in [-0.05, 0) is 64.5 Å². The Hall–Kier alpha value is -3.39. The molecule has 8 nitrogen and oxygen atoms in total. The van der Waals surface area contributed by atoms with Gasteiger partial charge < -0.3 is 24.1 Å². The molecule has 0 spiro atoms. The van der Waals surface area contributed by atoms with Crippen LogP contribution >= 0.6 is 0 Å². The summed E-state index contributed by atoms with van der Waals surface area (Å²) in [6.45, 7) is 6.98. The highest BCUT2D eigenvalue weighted by molar-refractivity contribution is 5.75. The van der Waals surface area contributed by atoms with Gasteiger partial charge in [-0.2, -0.15) is 0 Å². The SMILES string of the molecule is CC(C)(C)OC(=O)NC12CCC(CCn3c(=O)ccc4ncc(OCc5ccccc5)cc43)(CC1)OC2. The van der Waals surface area contributed by atoms with E-state index in [-0.39, 0.29) is 16.7 Å². The number of hydrogen-bond donors (Lipinski definition) is 1. The predicted octanol–water partition coefficient (Wildman–Crippen LogP) is 4.97. The van der Waals surface area contributed by atoms with Crippen LogP contribution in [0, 0.1) is 0 Å². The van der Waals surface area contributed by atoms with Gasteiger partial charge in [-0.15, -0.1) is 0 Å². The molecule has 1 saturated carbocycles. The lowest BCUT2D eigenvalue weighted by Gasteiger charge is -2.53. The minimum Gasteiger partial charge on any atom is -0.487 e. The second-order valence-corrected chi connectivity index (χ2v) is 11.3. The van der Waals surface area contributed by atoms with Crippen LogP contribution in [0.2, 0.25) is 0 Å². The normalized spacial score (nSPS) is 23.1. The first kappa shape index (κ1) is 25.3. The summed E-state index contributed by atoms with van der Waals surface area (Å²) >= 11 is 0. The number of rotatable bonds is 7. The van der Waals surface area contributed by atoms with Gasteiger partial charge in [0, 0.05) is 18.7 Å². The lowest BCUT2D eigenvalue weighted by molar-refractivity contribution is -0.165. The van der Waals surface area contributed by atoms with Crippen LogP contribution < -0.4 is 15.6 Å². The molecule has 0 radical (unpaired) electrons. The zero-order chi connectivity index (χ0) is 26.1. The number of alkyl carbamates (subject to hydrolysis) is 1. The molecular weight excluding hydrogens is 470 g/mol. The van der Waals surface area contributed by atoms with E-state index in [0.29, 0.717) is 31.9 Å². The second kappa shape index (κ2) is 9.82. The van der Waals surface area contributed by atoms with Crippen molar-refractivity contribution in [3.05, 3.63) is 70.6 Å². The predicted molar refractivity (Wildman–Crippen MR) is 141 cm³/mol. The molecule has 2 bridgehead atoms. The summed E-state index contributed by atoms with van der Waals surface area (Å²) in [4.78, 5) is 29.8. The highest BCUT2D eigenvalue weighted by atomic mass is 16.6.